The molecule has 2 aromatic rings. The molecule has 0 radical (unpaired) electrons. The summed E-state index contributed by atoms with van der Waals surface area (Å²) in [6.45, 7) is 11.2. The molecule has 21 heavy (non-hydrogen) atoms. The van der Waals surface area contributed by atoms with Crippen LogP contribution in [0, 0.1) is 5.92 Å². The van der Waals surface area contributed by atoms with E-state index >= 15 is 0 Å². The van der Waals surface area contributed by atoms with Gasteiger partial charge in [0.05, 0.1) is 11.0 Å². The van der Waals surface area contributed by atoms with Gasteiger partial charge in [0, 0.05) is 19.0 Å². The van der Waals surface area contributed by atoms with E-state index in [1.165, 1.54) is 17.8 Å². The molecular weight excluding hydrogens is 258 g/mol. The molecule has 2 rings (SSSR count). The fourth-order valence-corrected chi connectivity index (χ4v) is 2.82. The van der Waals surface area contributed by atoms with Gasteiger partial charge in [-0.1, -0.05) is 39.8 Å². The summed E-state index contributed by atoms with van der Waals surface area (Å²) < 4.78 is 2.40. The molecule has 1 heterocycles. The zero-order valence-electron chi connectivity index (χ0n) is 13.9. The highest BCUT2D eigenvalue weighted by atomic mass is 15.1. The lowest BCUT2D eigenvalue weighted by atomic mass is 10.0. The van der Waals surface area contributed by atoms with Crippen LogP contribution in [0.3, 0.4) is 0 Å². The maximum Gasteiger partial charge on any atom is 0.111 e. The van der Waals surface area contributed by atoms with Crippen LogP contribution in [-0.4, -0.2) is 22.1 Å². The molecule has 0 spiro atoms. The Morgan fingerprint density at radius 1 is 1.14 bits per heavy atom. The third-order valence-electron chi connectivity index (χ3n) is 4.04. The predicted molar refractivity (Wildman–Crippen MR) is 90.6 cm³/mol. The van der Waals surface area contributed by atoms with E-state index in [4.69, 9.17) is 4.98 Å². The van der Waals surface area contributed by atoms with Gasteiger partial charge in [-0.25, -0.2) is 4.98 Å². The van der Waals surface area contributed by atoms with Gasteiger partial charge in [-0.15, -0.1) is 0 Å². The highest BCUT2D eigenvalue weighted by Gasteiger charge is 2.18. The minimum absolute atomic E-state index is 0.498. The van der Waals surface area contributed by atoms with Gasteiger partial charge in [-0.2, -0.15) is 0 Å². The van der Waals surface area contributed by atoms with Crippen LogP contribution in [0.25, 0.3) is 11.0 Å². The molecule has 1 unspecified atom stereocenters. The van der Waals surface area contributed by atoms with Crippen LogP contribution in [0.4, 0.5) is 0 Å². The van der Waals surface area contributed by atoms with Gasteiger partial charge in [-0.3, -0.25) is 0 Å². The number of para-hydroxylation sites is 2. The maximum atomic E-state index is 4.88. The number of benzene rings is 1. The van der Waals surface area contributed by atoms with Crippen LogP contribution >= 0.6 is 0 Å². The quantitative estimate of drug-likeness (QED) is 0.795. The Bertz CT molecular complexity index is 557. The Morgan fingerprint density at radius 3 is 2.57 bits per heavy atom. The first-order valence-corrected chi connectivity index (χ1v) is 8.34. The Kier molecular flexibility index (Phi) is 5.80. The molecular formula is C18H29N3. The highest BCUT2D eigenvalue weighted by molar-refractivity contribution is 5.75. The number of imidazole rings is 1. The van der Waals surface area contributed by atoms with Crippen LogP contribution in [0.15, 0.2) is 24.3 Å². The molecule has 0 bridgehead atoms. The van der Waals surface area contributed by atoms with Crippen LogP contribution in [0.2, 0.25) is 0 Å². The largest absolute Gasteiger partial charge is 0.328 e. The number of hydrogen-bond acceptors (Lipinski definition) is 2. The van der Waals surface area contributed by atoms with Gasteiger partial charge in [0.25, 0.3) is 0 Å². The fourth-order valence-electron chi connectivity index (χ4n) is 2.82. The van der Waals surface area contributed by atoms with E-state index in [1.54, 1.807) is 0 Å². The second-order valence-electron chi connectivity index (χ2n) is 6.18. The summed E-state index contributed by atoms with van der Waals surface area (Å²) in [6, 6.07) is 8.98. The normalized spacial score (nSPS) is 13.2. The lowest BCUT2D eigenvalue weighted by molar-refractivity contribution is 0.387. The number of nitrogens with zero attached hydrogens (tertiary/aromatic N) is 2. The third kappa shape index (κ3) is 3.85. The van der Waals surface area contributed by atoms with E-state index < -0.39 is 0 Å². The van der Waals surface area contributed by atoms with Crippen molar-refractivity contribution in [3.05, 3.63) is 30.1 Å². The standard InChI is InChI=1S/C18H29N3/c1-5-11-19-16(14(3)4)13-18-20-15-9-7-8-10-17(15)21(18)12-6-2/h7-10,14,16,19H,5-6,11-13H2,1-4H3. The first-order valence-electron chi connectivity index (χ1n) is 8.34. The summed E-state index contributed by atoms with van der Waals surface area (Å²) in [7, 11) is 0. The van der Waals surface area contributed by atoms with Crippen LogP contribution in [0.1, 0.15) is 46.4 Å². The van der Waals surface area contributed by atoms with Crippen LogP contribution in [0.5, 0.6) is 0 Å². The molecule has 116 valence electrons. The molecule has 3 nitrogen and oxygen atoms in total. The zero-order chi connectivity index (χ0) is 15.2. The first-order chi connectivity index (χ1) is 10.2. The predicted octanol–water partition coefficient (Wildman–Crippen LogP) is 4.01. The summed E-state index contributed by atoms with van der Waals surface area (Å²) in [5.74, 6) is 1.84. The number of aromatic nitrogens is 2. The number of hydrogen-bond donors (Lipinski definition) is 1. The van der Waals surface area contributed by atoms with E-state index in [1.807, 2.05) is 0 Å². The van der Waals surface area contributed by atoms with E-state index in [9.17, 15) is 0 Å². The summed E-state index contributed by atoms with van der Waals surface area (Å²) in [4.78, 5) is 4.88. The van der Waals surface area contributed by atoms with Crippen LogP contribution in [-0.2, 0) is 13.0 Å². The topological polar surface area (TPSA) is 29.9 Å². The summed E-state index contributed by atoms with van der Waals surface area (Å²) in [5.41, 5.74) is 2.39. The molecule has 0 saturated heterocycles. The van der Waals surface area contributed by atoms with E-state index in [-0.39, 0.29) is 0 Å². The maximum absolute atomic E-state index is 4.88. The third-order valence-corrected chi connectivity index (χ3v) is 4.04. The molecule has 1 aromatic heterocycles. The van der Waals surface area contributed by atoms with Crippen molar-refractivity contribution in [3.63, 3.8) is 0 Å². The number of fused-ring (bicyclic) bond motifs is 1. The molecule has 1 N–H and O–H groups in total. The monoisotopic (exact) mass is 287 g/mol. The molecule has 0 aliphatic rings. The van der Waals surface area contributed by atoms with Gasteiger partial charge in [0.2, 0.25) is 0 Å². The van der Waals surface area contributed by atoms with Gasteiger partial charge in [-0.05, 0) is 37.4 Å². The van der Waals surface area contributed by atoms with Crippen molar-refractivity contribution in [2.45, 2.75) is 59.5 Å². The summed E-state index contributed by atoms with van der Waals surface area (Å²) in [6.07, 6.45) is 3.32. The Hall–Kier alpha value is -1.35. The van der Waals surface area contributed by atoms with Crippen molar-refractivity contribution in [1.82, 2.24) is 14.9 Å². The number of nitrogens with one attached hydrogen (secondary N) is 1. The Morgan fingerprint density at radius 2 is 1.90 bits per heavy atom. The molecule has 1 aromatic carbocycles. The first kappa shape index (κ1) is 16.0. The van der Waals surface area contributed by atoms with Gasteiger partial charge >= 0.3 is 0 Å². The molecule has 0 aliphatic carbocycles. The molecule has 3 heteroatoms. The van der Waals surface area contributed by atoms with Crippen molar-refractivity contribution in [2.24, 2.45) is 5.92 Å². The fraction of sp³-hybridized carbons (Fsp3) is 0.611. The van der Waals surface area contributed by atoms with E-state index in [2.05, 4.69) is 61.8 Å². The van der Waals surface area contributed by atoms with Gasteiger partial charge in [0.1, 0.15) is 5.82 Å². The smallest absolute Gasteiger partial charge is 0.111 e. The molecule has 0 saturated carbocycles. The van der Waals surface area contributed by atoms with Crippen molar-refractivity contribution < 1.29 is 0 Å². The Balaban J connectivity index is 2.28. The average Bonchev–Trinajstić information content (AvgIpc) is 2.81. The minimum Gasteiger partial charge on any atom is -0.328 e. The number of aryl methyl sites for hydroxylation is 1. The van der Waals surface area contributed by atoms with E-state index in [0.717, 1.165) is 31.4 Å². The second-order valence-corrected chi connectivity index (χ2v) is 6.18. The van der Waals surface area contributed by atoms with Crippen molar-refractivity contribution >= 4 is 11.0 Å². The second kappa shape index (κ2) is 7.60. The highest BCUT2D eigenvalue weighted by Crippen LogP contribution is 2.19. The Labute approximate surface area is 128 Å². The lowest BCUT2D eigenvalue weighted by Crippen LogP contribution is -2.37. The number of rotatable bonds is 8. The molecule has 1 atom stereocenters. The van der Waals surface area contributed by atoms with Crippen molar-refractivity contribution in [2.75, 3.05) is 6.54 Å². The van der Waals surface area contributed by atoms with Crippen molar-refractivity contribution in [3.8, 4) is 0 Å². The van der Waals surface area contributed by atoms with Crippen LogP contribution < -0.4 is 5.32 Å². The average molecular weight is 287 g/mol. The molecule has 0 aliphatic heterocycles. The molecule has 0 fully saturated rings. The van der Waals surface area contributed by atoms with Crippen molar-refractivity contribution in [1.29, 1.82) is 0 Å². The minimum atomic E-state index is 0.498. The SMILES string of the molecule is CCCNC(Cc1nc2ccccc2n1CCC)C(C)C. The zero-order valence-corrected chi connectivity index (χ0v) is 13.9. The van der Waals surface area contributed by atoms with Gasteiger partial charge < -0.3 is 9.88 Å². The van der Waals surface area contributed by atoms with Gasteiger partial charge in [0.15, 0.2) is 0 Å². The summed E-state index contributed by atoms with van der Waals surface area (Å²) in [5, 5.41) is 3.68. The summed E-state index contributed by atoms with van der Waals surface area (Å²) >= 11 is 0. The van der Waals surface area contributed by atoms with E-state index in [0.29, 0.717) is 12.0 Å². The lowest BCUT2D eigenvalue weighted by Gasteiger charge is -2.22. The molecule has 0 amide bonds.